The molecule has 1 aliphatic heterocycles. The molecule has 4 rings (SSSR count). The van der Waals surface area contributed by atoms with E-state index in [1.165, 1.54) is 5.56 Å². The highest BCUT2D eigenvalue weighted by Gasteiger charge is 2.38. The summed E-state index contributed by atoms with van der Waals surface area (Å²) in [5.74, 6) is 0.276. The molecule has 1 aromatic heterocycles. The molecule has 3 aromatic rings. The molecule has 0 saturated heterocycles. The summed E-state index contributed by atoms with van der Waals surface area (Å²) in [7, 11) is 2.01. The number of allylic oxidation sites excluding steroid dienone is 2. The average Bonchev–Trinajstić information content (AvgIpc) is 3.09. The van der Waals surface area contributed by atoms with Crippen molar-refractivity contribution in [3.63, 3.8) is 0 Å². The third-order valence-electron chi connectivity index (χ3n) is 4.88. The first-order valence-electron chi connectivity index (χ1n) is 8.07. The van der Waals surface area contributed by atoms with E-state index in [2.05, 4.69) is 30.9 Å². The zero-order valence-electron chi connectivity index (χ0n) is 14.0. The van der Waals surface area contributed by atoms with Crippen molar-refractivity contribution in [3.05, 3.63) is 77.7 Å². The Labute approximate surface area is 141 Å². The molecule has 0 spiro atoms. The fraction of sp³-hybridized carbons (Fsp3) is 0.190. The Morgan fingerprint density at radius 1 is 1.08 bits per heavy atom. The number of rotatable bonds is 2. The molecule has 2 aromatic carbocycles. The minimum absolute atomic E-state index is 0.103. The summed E-state index contributed by atoms with van der Waals surface area (Å²) >= 11 is 0. The highest BCUT2D eigenvalue weighted by Crippen LogP contribution is 2.46. The topological polar surface area (TPSA) is 33.5 Å². The van der Waals surface area contributed by atoms with Gasteiger partial charge in [-0.25, -0.2) is 0 Å². The number of para-hydroxylation sites is 2. The van der Waals surface area contributed by atoms with E-state index < -0.39 is 0 Å². The van der Waals surface area contributed by atoms with E-state index in [1.54, 1.807) is 6.08 Å². The van der Waals surface area contributed by atoms with Crippen LogP contribution < -0.4 is 4.90 Å². The molecule has 0 unspecified atom stereocenters. The van der Waals surface area contributed by atoms with Crippen molar-refractivity contribution in [2.75, 3.05) is 11.9 Å². The largest absolute Gasteiger partial charge is 0.453 e. The minimum atomic E-state index is -0.215. The summed E-state index contributed by atoms with van der Waals surface area (Å²) in [6.07, 6.45) is 1.71. The minimum Gasteiger partial charge on any atom is -0.453 e. The summed E-state index contributed by atoms with van der Waals surface area (Å²) < 4.78 is 5.71. The van der Waals surface area contributed by atoms with Crippen molar-refractivity contribution in [3.8, 4) is 0 Å². The highest BCUT2D eigenvalue weighted by molar-refractivity contribution is 6.06. The molecular weight excluding hydrogens is 298 g/mol. The Hall–Kier alpha value is -2.81. The van der Waals surface area contributed by atoms with Gasteiger partial charge in [-0.1, -0.05) is 50.2 Å². The fourth-order valence-electron chi connectivity index (χ4n) is 3.56. The van der Waals surface area contributed by atoms with Gasteiger partial charge in [-0.2, -0.15) is 0 Å². The van der Waals surface area contributed by atoms with Gasteiger partial charge in [0.1, 0.15) is 5.58 Å². The molecule has 0 amide bonds. The molecule has 3 heteroatoms. The lowest BCUT2D eigenvalue weighted by Gasteiger charge is -2.23. The highest BCUT2D eigenvalue weighted by atomic mass is 16.3. The van der Waals surface area contributed by atoms with Crippen molar-refractivity contribution in [1.29, 1.82) is 0 Å². The summed E-state index contributed by atoms with van der Waals surface area (Å²) in [5.41, 5.74) is 3.88. The van der Waals surface area contributed by atoms with Crippen LogP contribution in [-0.4, -0.2) is 12.8 Å². The molecule has 0 fully saturated rings. The van der Waals surface area contributed by atoms with Gasteiger partial charge in [0.05, 0.1) is 0 Å². The quantitative estimate of drug-likeness (QED) is 0.496. The van der Waals surface area contributed by atoms with Crippen LogP contribution in [0.3, 0.4) is 0 Å². The third-order valence-corrected chi connectivity index (χ3v) is 4.88. The predicted molar refractivity (Wildman–Crippen MR) is 96.5 cm³/mol. The first kappa shape index (κ1) is 14.8. The first-order chi connectivity index (χ1) is 11.5. The Balaban J connectivity index is 1.76. The Morgan fingerprint density at radius 3 is 2.54 bits per heavy atom. The molecule has 0 saturated carbocycles. The molecule has 0 bridgehead atoms. The number of fused-ring (bicyclic) bond motifs is 2. The van der Waals surface area contributed by atoms with Gasteiger partial charge in [0.2, 0.25) is 5.78 Å². The molecule has 24 heavy (non-hydrogen) atoms. The molecule has 0 radical (unpaired) electrons. The van der Waals surface area contributed by atoms with Crippen LogP contribution in [0.25, 0.3) is 11.0 Å². The molecule has 0 aliphatic carbocycles. The van der Waals surface area contributed by atoms with Crippen molar-refractivity contribution < 1.29 is 9.21 Å². The number of anilines is 1. The molecule has 0 atom stereocenters. The summed E-state index contributed by atoms with van der Waals surface area (Å²) in [5, 5.41) is 0.946. The maximum atomic E-state index is 12.8. The van der Waals surface area contributed by atoms with E-state index in [9.17, 15) is 4.79 Å². The van der Waals surface area contributed by atoms with Crippen molar-refractivity contribution in [1.82, 2.24) is 0 Å². The number of furan rings is 1. The second-order valence-electron chi connectivity index (χ2n) is 6.74. The smallest absolute Gasteiger partial charge is 0.222 e. The molecule has 1 aliphatic rings. The number of carbonyl (C=O) groups is 1. The summed E-state index contributed by atoms with van der Waals surface area (Å²) in [4.78, 5) is 14.9. The number of hydrogen-bond acceptors (Lipinski definition) is 3. The van der Waals surface area contributed by atoms with Crippen LogP contribution in [0.1, 0.15) is 30.0 Å². The van der Waals surface area contributed by atoms with E-state index in [0.717, 1.165) is 22.4 Å². The van der Waals surface area contributed by atoms with Crippen LogP contribution in [0.15, 0.2) is 70.8 Å². The molecule has 0 N–H and O–H groups in total. The van der Waals surface area contributed by atoms with Crippen molar-refractivity contribution in [2.24, 2.45) is 0 Å². The number of carbonyl (C=O) groups excluding carboxylic acids is 1. The van der Waals surface area contributed by atoms with Crippen LogP contribution in [0.4, 0.5) is 5.69 Å². The van der Waals surface area contributed by atoms with Crippen LogP contribution in [0, 0.1) is 0 Å². The van der Waals surface area contributed by atoms with Gasteiger partial charge in [-0.3, -0.25) is 4.79 Å². The van der Waals surface area contributed by atoms with Crippen LogP contribution in [-0.2, 0) is 5.41 Å². The summed E-state index contributed by atoms with van der Waals surface area (Å²) in [6, 6.07) is 17.8. The lowest BCUT2D eigenvalue weighted by Crippen LogP contribution is -2.24. The molecule has 120 valence electrons. The second-order valence-corrected chi connectivity index (χ2v) is 6.74. The van der Waals surface area contributed by atoms with Gasteiger partial charge in [-0.15, -0.1) is 0 Å². The van der Waals surface area contributed by atoms with Crippen LogP contribution in [0.5, 0.6) is 0 Å². The lowest BCUT2D eigenvalue weighted by atomic mass is 9.83. The van der Waals surface area contributed by atoms with E-state index in [0.29, 0.717) is 5.76 Å². The van der Waals surface area contributed by atoms with Crippen LogP contribution >= 0.6 is 0 Å². The van der Waals surface area contributed by atoms with E-state index in [1.807, 2.05) is 49.5 Å². The number of ketones is 1. The zero-order valence-corrected chi connectivity index (χ0v) is 14.0. The number of likely N-dealkylation sites (N-methyl/N-ethyl adjacent to an activating group) is 1. The van der Waals surface area contributed by atoms with Gasteiger partial charge in [0.25, 0.3) is 0 Å². The number of nitrogens with zero attached hydrogens (tertiary/aromatic N) is 1. The normalized spacial score (nSPS) is 17.5. The third kappa shape index (κ3) is 2.08. The number of hydrogen-bond donors (Lipinski definition) is 0. The summed E-state index contributed by atoms with van der Waals surface area (Å²) in [6.45, 7) is 4.29. The molecule has 3 nitrogen and oxygen atoms in total. The van der Waals surface area contributed by atoms with E-state index in [4.69, 9.17) is 4.42 Å². The van der Waals surface area contributed by atoms with Gasteiger partial charge in [0.15, 0.2) is 5.76 Å². The lowest BCUT2D eigenvalue weighted by molar-refractivity contribution is 0.102. The monoisotopic (exact) mass is 317 g/mol. The van der Waals surface area contributed by atoms with Crippen molar-refractivity contribution >= 4 is 22.4 Å². The fourth-order valence-corrected chi connectivity index (χ4v) is 3.56. The number of benzene rings is 2. The molecular formula is C21H19NO2. The van der Waals surface area contributed by atoms with Gasteiger partial charge >= 0.3 is 0 Å². The SMILES string of the molecule is CN1C(=CC(=O)c2cc3ccccc3o2)C(C)(C)c2ccccc21. The maximum Gasteiger partial charge on any atom is 0.222 e. The Kier molecular flexibility index (Phi) is 3.14. The van der Waals surface area contributed by atoms with Crippen molar-refractivity contribution in [2.45, 2.75) is 19.3 Å². The van der Waals surface area contributed by atoms with E-state index in [-0.39, 0.29) is 11.2 Å². The first-order valence-corrected chi connectivity index (χ1v) is 8.07. The average molecular weight is 317 g/mol. The Bertz CT molecular complexity index is 945. The Morgan fingerprint density at radius 2 is 1.79 bits per heavy atom. The molecule has 2 heterocycles. The van der Waals surface area contributed by atoms with E-state index >= 15 is 0 Å². The van der Waals surface area contributed by atoms with Gasteiger partial charge < -0.3 is 9.32 Å². The van der Waals surface area contributed by atoms with Gasteiger partial charge in [-0.05, 0) is 23.8 Å². The second kappa shape index (κ2) is 5.10. The van der Waals surface area contributed by atoms with Gasteiger partial charge in [0, 0.05) is 35.3 Å². The zero-order chi connectivity index (χ0) is 16.9. The predicted octanol–water partition coefficient (Wildman–Crippen LogP) is 4.93. The standard InChI is InChI=1S/C21H19NO2/c1-21(2)15-9-5-6-10-16(15)22(3)20(21)13-17(23)19-12-14-8-4-7-11-18(14)24-19/h4-13H,1-3H3. The maximum absolute atomic E-state index is 12.8. The van der Waals surface area contributed by atoms with Crippen LogP contribution in [0.2, 0.25) is 0 Å².